The molecule has 0 fully saturated rings. The molecule has 0 aliphatic carbocycles. The van der Waals surface area contributed by atoms with Gasteiger partial charge < -0.3 is 10.0 Å². The van der Waals surface area contributed by atoms with Crippen LogP contribution >= 0.6 is 0 Å². The summed E-state index contributed by atoms with van der Waals surface area (Å²) in [4.78, 5) is 12.8. The zero-order valence-electron chi connectivity index (χ0n) is 11.6. The van der Waals surface area contributed by atoms with Gasteiger partial charge in [-0.3, -0.25) is 9.48 Å². The van der Waals surface area contributed by atoms with Gasteiger partial charge in [-0.05, 0) is 18.6 Å². The molecule has 1 aromatic heterocycles. The van der Waals surface area contributed by atoms with Gasteiger partial charge in [0, 0.05) is 44.0 Å². The Bertz CT molecular complexity index is 551. The maximum Gasteiger partial charge on any atom is 0.303 e. The van der Waals surface area contributed by atoms with E-state index in [0.717, 1.165) is 17.8 Å². The van der Waals surface area contributed by atoms with Crippen molar-refractivity contribution in [2.45, 2.75) is 19.4 Å². The number of rotatable bonds is 7. The number of aryl methyl sites for hydroxylation is 1. The lowest BCUT2D eigenvalue weighted by atomic mass is 10.2. The lowest BCUT2D eigenvalue weighted by Crippen LogP contribution is -2.24. The number of hydrogen-bond donors (Lipinski definition) is 1. The second-order valence-corrected chi connectivity index (χ2v) is 4.78. The molecule has 0 aliphatic rings. The Morgan fingerprint density at radius 3 is 2.70 bits per heavy atom. The molecule has 0 unspecified atom stereocenters. The second-order valence-electron chi connectivity index (χ2n) is 4.78. The third-order valence-corrected chi connectivity index (χ3v) is 3.07. The summed E-state index contributed by atoms with van der Waals surface area (Å²) in [6.45, 7) is 1.45. The Morgan fingerprint density at radius 2 is 2.10 bits per heavy atom. The van der Waals surface area contributed by atoms with Gasteiger partial charge in [-0.1, -0.05) is 18.2 Å². The number of carbonyl (C=O) groups is 1. The average Bonchev–Trinajstić information content (AvgIpc) is 2.84. The van der Waals surface area contributed by atoms with E-state index in [1.807, 2.05) is 49.8 Å². The number of aromatic nitrogens is 2. The first kappa shape index (κ1) is 14.1. The van der Waals surface area contributed by atoms with Gasteiger partial charge in [0.2, 0.25) is 0 Å². The smallest absolute Gasteiger partial charge is 0.303 e. The minimum Gasteiger partial charge on any atom is -0.481 e. The molecule has 0 bridgehead atoms. The Labute approximate surface area is 118 Å². The molecule has 2 rings (SSSR count). The molecule has 20 heavy (non-hydrogen) atoms. The van der Waals surface area contributed by atoms with Crippen LogP contribution in [0.4, 0.5) is 5.69 Å². The predicted octanol–water partition coefficient (Wildman–Crippen LogP) is 2.29. The van der Waals surface area contributed by atoms with Crippen LogP contribution in [-0.2, 0) is 18.4 Å². The first-order chi connectivity index (χ1) is 9.65. The van der Waals surface area contributed by atoms with Crippen molar-refractivity contribution in [3.63, 3.8) is 0 Å². The van der Waals surface area contributed by atoms with E-state index in [0.29, 0.717) is 13.0 Å². The van der Waals surface area contributed by atoms with Crippen molar-refractivity contribution in [3.8, 4) is 0 Å². The summed E-state index contributed by atoms with van der Waals surface area (Å²) < 4.78 is 1.77. The molecule has 0 amide bonds. The van der Waals surface area contributed by atoms with Crippen molar-refractivity contribution < 1.29 is 9.90 Å². The minimum atomic E-state index is -0.751. The Balaban J connectivity index is 2.05. The molecule has 1 aromatic carbocycles. The fraction of sp³-hybridized carbons (Fsp3) is 0.333. The number of benzene rings is 1. The van der Waals surface area contributed by atoms with Gasteiger partial charge in [-0.25, -0.2) is 0 Å². The SMILES string of the molecule is Cn1cc(CN(CCCC(=O)O)c2ccccc2)cn1. The Morgan fingerprint density at radius 1 is 1.35 bits per heavy atom. The highest BCUT2D eigenvalue weighted by molar-refractivity contribution is 5.66. The molecule has 0 saturated carbocycles. The molecule has 0 saturated heterocycles. The van der Waals surface area contributed by atoms with Crippen LogP contribution < -0.4 is 4.90 Å². The lowest BCUT2D eigenvalue weighted by Gasteiger charge is -2.24. The third kappa shape index (κ3) is 4.12. The molecule has 0 spiro atoms. The van der Waals surface area contributed by atoms with Crippen molar-refractivity contribution in [1.29, 1.82) is 0 Å². The summed E-state index contributed by atoms with van der Waals surface area (Å²) >= 11 is 0. The number of para-hydroxylation sites is 1. The molecular formula is C15H19N3O2. The Kier molecular flexibility index (Phi) is 4.76. The molecule has 0 atom stereocenters. The summed E-state index contributed by atoms with van der Waals surface area (Å²) in [7, 11) is 1.89. The van der Waals surface area contributed by atoms with Gasteiger partial charge in [0.05, 0.1) is 6.20 Å². The summed E-state index contributed by atoms with van der Waals surface area (Å²) in [6, 6.07) is 10.0. The third-order valence-electron chi connectivity index (χ3n) is 3.07. The topological polar surface area (TPSA) is 58.4 Å². The fourth-order valence-electron chi connectivity index (χ4n) is 2.13. The summed E-state index contributed by atoms with van der Waals surface area (Å²) in [5, 5.41) is 12.9. The second kappa shape index (κ2) is 6.75. The van der Waals surface area contributed by atoms with Crippen LogP contribution in [-0.4, -0.2) is 27.4 Å². The normalized spacial score (nSPS) is 10.4. The zero-order chi connectivity index (χ0) is 14.4. The molecule has 2 aromatic rings. The van der Waals surface area contributed by atoms with E-state index in [1.165, 1.54) is 0 Å². The van der Waals surface area contributed by atoms with Gasteiger partial charge in [0.1, 0.15) is 0 Å². The fourth-order valence-corrected chi connectivity index (χ4v) is 2.13. The summed E-state index contributed by atoms with van der Waals surface area (Å²) in [5.41, 5.74) is 2.22. The highest BCUT2D eigenvalue weighted by atomic mass is 16.4. The van der Waals surface area contributed by atoms with E-state index in [1.54, 1.807) is 4.68 Å². The van der Waals surface area contributed by atoms with Gasteiger partial charge in [0.25, 0.3) is 0 Å². The molecule has 0 aliphatic heterocycles. The van der Waals surface area contributed by atoms with E-state index >= 15 is 0 Å². The van der Waals surface area contributed by atoms with Crippen LogP contribution in [0.2, 0.25) is 0 Å². The predicted molar refractivity (Wildman–Crippen MR) is 77.6 cm³/mol. The number of hydrogen-bond acceptors (Lipinski definition) is 3. The van der Waals surface area contributed by atoms with Crippen LogP contribution in [0.3, 0.4) is 0 Å². The number of aliphatic carboxylic acids is 1. The molecule has 5 heteroatoms. The van der Waals surface area contributed by atoms with Crippen LogP contribution in [0.15, 0.2) is 42.7 Å². The maximum absolute atomic E-state index is 10.6. The van der Waals surface area contributed by atoms with Gasteiger partial charge in [-0.2, -0.15) is 5.10 Å². The molecular weight excluding hydrogens is 254 g/mol. The van der Waals surface area contributed by atoms with Gasteiger partial charge >= 0.3 is 5.97 Å². The van der Waals surface area contributed by atoms with Crippen molar-refractivity contribution in [2.75, 3.05) is 11.4 Å². The molecule has 5 nitrogen and oxygen atoms in total. The standard InChI is InChI=1S/C15H19N3O2/c1-17-11-13(10-16-17)12-18(9-5-8-15(19)20)14-6-3-2-4-7-14/h2-4,6-7,10-11H,5,8-9,12H2,1H3,(H,19,20). The van der Waals surface area contributed by atoms with Crippen LogP contribution in [0.25, 0.3) is 0 Å². The molecule has 0 radical (unpaired) electrons. The van der Waals surface area contributed by atoms with Crippen molar-refractivity contribution in [3.05, 3.63) is 48.3 Å². The monoisotopic (exact) mass is 273 g/mol. The highest BCUT2D eigenvalue weighted by Gasteiger charge is 2.09. The number of nitrogens with zero attached hydrogens (tertiary/aromatic N) is 3. The number of anilines is 1. The molecule has 1 heterocycles. The van der Waals surface area contributed by atoms with E-state index in [2.05, 4.69) is 10.00 Å². The van der Waals surface area contributed by atoms with Crippen LogP contribution in [0, 0.1) is 0 Å². The lowest BCUT2D eigenvalue weighted by molar-refractivity contribution is -0.137. The minimum absolute atomic E-state index is 0.191. The van der Waals surface area contributed by atoms with Crippen molar-refractivity contribution >= 4 is 11.7 Å². The number of carboxylic acid groups (broad SMARTS) is 1. The quantitative estimate of drug-likeness (QED) is 0.841. The summed E-state index contributed by atoms with van der Waals surface area (Å²) in [5.74, 6) is -0.751. The summed E-state index contributed by atoms with van der Waals surface area (Å²) in [6.07, 6.45) is 4.64. The van der Waals surface area contributed by atoms with Crippen LogP contribution in [0.1, 0.15) is 18.4 Å². The largest absolute Gasteiger partial charge is 0.481 e. The number of carboxylic acids is 1. The van der Waals surface area contributed by atoms with E-state index in [-0.39, 0.29) is 6.42 Å². The maximum atomic E-state index is 10.6. The zero-order valence-corrected chi connectivity index (χ0v) is 11.6. The molecule has 106 valence electrons. The van der Waals surface area contributed by atoms with E-state index in [9.17, 15) is 4.79 Å². The highest BCUT2D eigenvalue weighted by Crippen LogP contribution is 2.17. The van der Waals surface area contributed by atoms with E-state index in [4.69, 9.17) is 5.11 Å². The molecule has 1 N–H and O–H groups in total. The van der Waals surface area contributed by atoms with Crippen molar-refractivity contribution in [2.24, 2.45) is 7.05 Å². The van der Waals surface area contributed by atoms with Crippen LogP contribution in [0.5, 0.6) is 0 Å². The van der Waals surface area contributed by atoms with E-state index < -0.39 is 5.97 Å². The first-order valence-electron chi connectivity index (χ1n) is 6.64. The van der Waals surface area contributed by atoms with Crippen molar-refractivity contribution in [1.82, 2.24) is 9.78 Å². The first-order valence-corrected chi connectivity index (χ1v) is 6.64. The average molecular weight is 273 g/mol. The van der Waals surface area contributed by atoms with Gasteiger partial charge in [-0.15, -0.1) is 0 Å². The van der Waals surface area contributed by atoms with Gasteiger partial charge in [0.15, 0.2) is 0 Å². The Hall–Kier alpha value is -2.30.